The van der Waals surface area contributed by atoms with Gasteiger partial charge in [0.1, 0.15) is 11.6 Å². The summed E-state index contributed by atoms with van der Waals surface area (Å²) in [5.74, 6) is 1.20. The predicted molar refractivity (Wildman–Crippen MR) is 83.2 cm³/mol. The highest BCUT2D eigenvalue weighted by Crippen LogP contribution is 2.65. The van der Waals surface area contributed by atoms with Crippen LogP contribution in [0.3, 0.4) is 0 Å². The maximum absolute atomic E-state index is 12.4. The first-order valence-electron chi connectivity index (χ1n) is 8.78. The van der Waals surface area contributed by atoms with E-state index in [0.717, 1.165) is 31.3 Å². The van der Waals surface area contributed by atoms with E-state index < -0.39 is 5.60 Å². The maximum Gasteiger partial charge on any atom is 0.139 e. The summed E-state index contributed by atoms with van der Waals surface area (Å²) in [6.45, 7) is 4.29. The molecular formula is C19H26O3. The molecule has 0 radical (unpaired) electrons. The Morgan fingerprint density at radius 3 is 2.64 bits per heavy atom. The lowest BCUT2D eigenvalue weighted by Crippen LogP contribution is -2.62. The Morgan fingerprint density at radius 1 is 1.09 bits per heavy atom. The van der Waals surface area contributed by atoms with Gasteiger partial charge in [0, 0.05) is 30.1 Å². The summed E-state index contributed by atoms with van der Waals surface area (Å²) < 4.78 is 0. The molecule has 0 saturated heterocycles. The van der Waals surface area contributed by atoms with Crippen LogP contribution in [0.2, 0.25) is 0 Å². The molecule has 0 aliphatic heterocycles. The molecule has 22 heavy (non-hydrogen) atoms. The molecule has 0 spiro atoms. The second-order valence-electron chi connectivity index (χ2n) is 8.53. The van der Waals surface area contributed by atoms with Gasteiger partial charge in [-0.3, -0.25) is 9.59 Å². The van der Waals surface area contributed by atoms with Crippen LogP contribution in [0.15, 0.2) is 11.6 Å². The van der Waals surface area contributed by atoms with Gasteiger partial charge in [0.05, 0.1) is 5.60 Å². The van der Waals surface area contributed by atoms with Crippen LogP contribution < -0.4 is 0 Å². The third-order valence-corrected chi connectivity index (χ3v) is 7.84. The highest BCUT2D eigenvalue weighted by Gasteiger charge is 2.65. The standard InChI is InChI=1S/C19H26O3/c1-17-9-10-19(22)15(14(17)5-6-16(17)21)4-3-12-11-13(20)7-8-18(12,19)2/h3,14-15,22H,4-11H2,1-2H3/t14-,15-,17-,18-,19+/m0/s1. The molecule has 3 saturated carbocycles. The van der Waals surface area contributed by atoms with Gasteiger partial charge in [-0.05, 0) is 43.9 Å². The van der Waals surface area contributed by atoms with E-state index in [9.17, 15) is 14.7 Å². The van der Waals surface area contributed by atoms with E-state index in [1.165, 1.54) is 0 Å². The minimum Gasteiger partial charge on any atom is -0.389 e. The molecule has 3 fully saturated rings. The molecule has 0 aromatic heterocycles. The summed E-state index contributed by atoms with van der Waals surface area (Å²) in [6, 6.07) is 0. The summed E-state index contributed by atoms with van der Waals surface area (Å²) in [7, 11) is 0. The molecule has 0 unspecified atom stereocenters. The zero-order valence-corrected chi connectivity index (χ0v) is 13.7. The summed E-state index contributed by atoms with van der Waals surface area (Å²) in [5, 5.41) is 11.7. The van der Waals surface area contributed by atoms with Crippen molar-refractivity contribution in [3.05, 3.63) is 11.6 Å². The molecule has 4 rings (SSSR count). The van der Waals surface area contributed by atoms with Crippen LogP contribution >= 0.6 is 0 Å². The summed E-state index contributed by atoms with van der Waals surface area (Å²) >= 11 is 0. The molecule has 0 aromatic rings. The lowest BCUT2D eigenvalue weighted by Gasteiger charge is -2.61. The highest BCUT2D eigenvalue weighted by molar-refractivity contribution is 5.87. The lowest BCUT2D eigenvalue weighted by atomic mass is 9.45. The molecule has 0 heterocycles. The van der Waals surface area contributed by atoms with E-state index in [2.05, 4.69) is 19.9 Å². The van der Waals surface area contributed by atoms with Gasteiger partial charge in [0.15, 0.2) is 0 Å². The normalized spacial score (nSPS) is 51.0. The van der Waals surface area contributed by atoms with E-state index in [1.54, 1.807) is 0 Å². The SMILES string of the molecule is C[C@]12CCC(=O)CC1=CC[C@H]1[C@@H]3CCC(=O)[C@@]3(C)CC[C@@]12O. The number of carbonyl (C=O) groups is 2. The van der Waals surface area contributed by atoms with E-state index in [1.807, 2.05) is 0 Å². The number of hydrogen-bond acceptors (Lipinski definition) is 3. The average Bonchev–Trinajstić information content (AvgIpc) is 2.77. The largest absolute Gasteiger partial charge is 0.389 e. The van der Waals surface area contributed by atoms with E-state index in [0.29, 0.717) is 43.2 Å². The molecule has 4 aliphatic carbocycles. The third kappa shape index (κ3) is 1.56. The molecule has 3 nitrogen and oxygen atoms in total. The Kier molecular flexibility index (Phi) is 2.87. The van der Waals surface area contributed by atoms with Crippen LogP contribution in [-0.4, -0.2) is 22.3 Å². The van der Waals surface area contributed by atoms with Gasteiger partial charge in [-0.1, -0.05) is 25.5 Å². The monoisotopic (exact) mass is 302 g/mol. The van der Waals surface area contributed by atoms with Crippen LogP contribution in [0.1, 0.15) is 65.2 Å². The summed E-state index contributed by atoms with van der Waals surface area (Å²) in [5.41, 5.74) is -0.0534. The summed E-state index contributed by atoms with van der Waals surface area (Å²) in [4.78, 5) is 24.2. The van der Waals surface area contributed by atoms with Crippen molar-refractivity contribution < 1.29 is 14.7 Å². The lowest BCUT2D eigenvalue weighted by molar-refractivity contribution is -0.182. The topological polar surface area (TPSA) is 54.4 Å². The Labute approximate surface area is 132 Å². The molecule has 0 amide bonds. The number of ketones is 2. The average molecular weight is 302 g/mol. The number of Topliss-reactive ketones (excluding diaryl/α,β-unsaturated/α-hetero) is 2. The highest BCUT2D eigenvalue weighted by atomic mass is 16.3. The number of aliphatic hydroxyl groups is 1. The molecule has 0 aromatic carbocycles. The Hall–Kier alpha value is -0.960. The molecule has 5 atom stereocenters. The fourth-order valence-corrected chi connectivity index (χ4v) is 6.19. The van der Waals surface area contributed by atoms with E-state index in [4.69, 9.17) is 0 Å². The molecule has 4 aliphatic rings. The third-order valence-electron chi connectivity index (χ3n) is 7.84. The zero-order valence-electron chi connectivity index (χ0n) is 13.7. The van der Waals surface area contributed by atoms with Crippen LogP contribution in [0, 0.1) is 22.7 Å². The molecule has 0 bridgehead atoms. The molecule has 3 heteroatoms. The first-order valence-corrected chi connectivity index (χ1v) is 8.78. The quantitative estimate of drug-likeness (QED) is 0.699. The Balaban J connectivity index is 1.78. The second kappa shape index (κ2) is 4.31. The number of rotatable bonds is 0. The Bertz CT molecular complexity index is 591. The number of carbonyl (C=O) groups excluding carboxylic acids is 2. The number of allylic oxidation sites excluding steroid dienone is 1. The second-order valence-corrected chi connectivity index (χ2v) is 8.53. The van der Waals surface area contributed by atoms with Gasteiger partial charge in [-0.2, -0.15) is 0 Å². The van der Waals surface area contributed by atoms with E-state index in [-0.39, 0.29) is 16.7 Å². The first-order chi connectivity index (χ1) is 10.3. The van der Waals surface area contributed by atoms with Crippen LogP contribution in [-0.2, 0) is 9.59 Å². The van der Waals surface area contributed by atoms with Crippen molar-refractivity contribution in [1.29, 1.82) is 0 Å². The van der Waals surface area contributed by atoms with Crippen molar-refractivity contribution >= 4 is 11.6 Å². The van der Waals surface area contributed by atoms with Crippen molar-refractivity contribution in [1.82, 2.24) is 0 Å². The summed E-state index contributed by atoms with van der Waals surface area (Å²) in [6.07, 6.45) is 8.06. The predicted octanol–water partition coefficient (Wildman–Crippen LogP) is 3.20. The van der Waals surface area contributed by atoms with Gasteiger partial charge in [0.2, 0.25) is 0 Å². The first kappa shape index (κ1) is 14.6. The fourth-order valence-electron chi connectivity index (χ4n) is 6.19. The smallest absolute Gasteiger partial charge is 0.139 e. The van der Waals surface area contributed by atoms with Gasteiger partial charge in [-0.25, -0.2) is 0 Å². The zero-order chi connectivity index (χ0) is 15.8. The van der Waals surface area contributed by atoms with Gasteiger partial charge in [-0.15, -0.1) is 0 Å². The van der Waals surface area contributed by atoms with Crippen molar-refractivity contribution in [2.24, 2.45) is 22.7 Å². The molecule has 120 valence electrons. The molecular weight excluding hydrogens is 276 g/mol. The Morgan fingerprint density at radius 2 is 1.86 bits per heavy atom. The number of fused-ring (bicyclic) bond motifs is 5. The van der Waals surface area contributed by atoms with Crippen molar-refractivity contribution in [3.8, 4) is 0 Å². The number of hydrogen-bond donors (Lipinski definition) is 1. The minimum absolute atomic E-state index is 0.180. The minimum atomic E-state index is -0.730. The van der Waals surface area contributed by atoms with Crippen LogP contribution in [0.5, 0.6) is 0 Å². The molecule has 1 N–H and O–H groups in total. The van der Waals surface area contributed by atoms with E-state index >= 15 is 0 Å². The van der Waals surface area contributed by atoms with Crippen LogP contribution in [0.25, 0.3) is 0 Å². The fraction of sp³-hybridized carbons (Fsp3) is 0.789. The van der Waals surface area contributed by atoms with Crippen molar-refractivity contribution in [3.63, 3.8) is 0 Å². The van der Waals surface area contributed by atoms with Gasteiger partial charge < -0.3 is 5.11 Å². The van der Waals surface area contributed by atoms with Gasteiger partial charge >= 0.3 is 0 Å². The van der Waals surface area contributed by atoms with Crippen molar-refractivity contribution in [2.75, 3.05) is 0 Å². The van der Waals surface area contributed by atoms with Crippen LogP contribution in [0.4, 0.5) is 0 Å². The maximum atomic E-state index is 12.4. The van der Waals surface area contributed by atoms with Crippen molar-refractivity contribution in [2.45, 2.75) is 70.8 Å². The van der Waals surface area contributed by atoms with Gasteiger partial charge in [0.25, 0.3) is 0 Å².